The maximum Gasteiger partial charge on any atom is 0.408 e. The Bertz CT molecular complexity index is 516. The van der Waals surface area contributed by atoms with Crippen molar-refractivity contribution in [3.63, 3.8) is 0 Å². The summed E-state index contributed by atoms with van der Waals surface area (Å²) in [6.45, 7) is 1.96. The predicted octanol–water partition coefficient (Wildman–Crippen LogP) is 4.31. The van der Waals surface area contributed by atoms with Crippen molar-refractivity contribution >= 4 is 21.8 Å². The highest BCUT2D eigenvalue weighted by molar-refractivity contribution is 9.10. The van der Waals surface area contributed by atoms with Crippen LogP contribution in [0.5, 0.6) is 0 Å². The van der Waals surface area contributed by atoms with Gasteiger partial charge in [0.05, 0.1) is 5.56 Å². The van der Waals surface area contributed by atoms with Gasteiger partial charge in [0.1, 0.15) is 6.04 Å². The van der Waals surface area contributed by atoms with Crippen LogP contribution >= 0.6 is 15.9 Å². The molecule has 110 valence electrons. The summed E-state index contributed by atoms with van der Waals surface area (Å²) >= 11 is 3.24. The summed E-state index contributed by atoms with van der Waals surface area (Å²) in [6, 6.07) is 3.44. The number of nitrogens with zero attached hydrogens (tertiary/aromatic N) is 1. The van der Waals surface area contributed by atoms with Crippen LogP contribution in [0, 0.1) is 6.92 Å². The first-order valence-electron chi connectivity index (χ1n) is 6.44. The van der Waals surface area contributed by atoms with E-state index in [1.807, 2.05) is 0 Å². The van der Waals surface area contributed by atoms with Crippen molar-refractivity contribution in [3.8, 4) is 0 Å². The van der Waals surface area contributed by atoms with E-state index in [9.17, 15) is 18.0 Å². The monoisotopic (exact) mass is 349 g/mol. The van der Waals surface area contributed by atoms with Gasteiger partial charge in [-0.3, -0.25) is 4.79 Å². The fourth-order valence-corrected chi connectivity index (χ4v) is 2.89. The standard InChI is InChI=1S/C14H15BrF3NO/c1-9-5-6-11(15)10(8-9)13(20)19-7-3-2-4-12(19)14(16,17)18/h5-6,8,12H,2-4,7H2,1H3. The molecule has 1 aliphatic heterocycles. The van der Waals surface area contributed by atoms with Crippen molar-refractivity contribution in [1.29, 1.82) is 0 Å². The molecule has 1 atom stereocenters. The summed E-state index contributed by atoms with van der Waals surface area (Å²) in [5, 5.41) is 0. The molecule has 0 bridgehead atoms. The number of carbonyl (C=O) groups excluding carboxylic acids is 1. The van der Waals surface area contributed by atoms with Crippen LogP contribution < -0.4 is 0 Å². The average molecular weight is 350 g/mol. The van der Waals surface area contributed by atoms with E-state index in [2.05, 4.69) is 15.9 Å². The highest BCUT2D eigenvalue weighted by atomic mass is 79.9. The lowest BCUT2D eigenvalue weighted by Gasteiger charge is -2.37. The average Bonchev–Trinajstić information content (AvgIpc) is 2.40. The molecule has 1 aromatic rings. The van der Waals surface area contributed by atoms with Crippen molar-refractivity contribution < 1.29 is 18.0 Å². The largest absolute Gasteiger partial charge is 0.408 e. The Hall–Kier alpha value is -1.04. The third kappa shape index (κ3) is 3.16. The van der Waals surface area contributed by atoms with Gasteiger partial charge in [0, 0.05) is 11.0 Å². The Kier molecular flexibility index (Phi) is 4.42. The van der Waals surface area contributed by atoms with Gasteiger partial charge in [-0.2, -0.15) is 13.2 Å². The molecule has 0 N–H and O–H groups in total. The van der Waals surface area contributed by atoms with Crippen LogP contribution in [0.1, 0.15) is 35.2 Å². The summed E-state index contributed by atoms with van der Waals surface area (Å²) in [5.41, 5.74) is 1.14. The van der Waals surface area contributed by atoms with Crippen LogP contribution in [0.3, 0.4) is 0 Å². The predicted molar refractivity (Wildman–Crippen MR) is 73.6 cm³/mol. The number of halogens is 4. The fourth-order valence-electron chi connectivity index (χ4n) is 2.47. The zero-order valence-electron chi connectivity index (χ0n) is 11.0. The second-order valence-corrected chi connectivity index (χ2v) is 5.89. The molecular weight excluding hydrogens is 335 g/mol. The van der Waals surface area contributed by atoms with Gasteiger partial charge in [0.25, 0.3) is 5.91 Å². The summed E-state index contributed by atoms with van der Waals surface area (Å²) in [5.74, 6) is -0.553. The second kappa shape index (κ2) is 5.76. The first-order chi connectivity index (χ1) is 9.30. The third-order valence-corrected chi connectivity index (χ3v) is 4.19. The van der Waals surface area contributed by atoms with Gasteiger partial charge in [-0.1, -0.05) is 11.6 Å². The van der Waals surface area contributed by atoms with E-state index >= 15 is 0 Å². The van der Waals surface area contributed by atoms with E-state index in [0.29, 0.717) is 22.9 Å². The molecule has 1 heterocycles. The van der Waals surface area contributed by atoms with E-state index in [4.69, 9.17) is 0 Å². The Labute approximate surface area is 124 Å². The van der Waals surface area contributed by atoms with Crippen LogP contribution in [0.2, 0.25) is 0 Å². The van der Waals surface area contributed by atoms with E-state index in [0.717, 1.165) is 10.5 Å². The summed E-state index contributed by atoms with van der Waals surface area (Å²) in [6.07, 6.45) is -3.27. The van der Waals surface area contributed by atoms with Gasteiger partial charge < -0.3 is 4.90 Å². The minimum Gasteiger partial charge on any atom is -0.327 e. The van der Waals surface area contributed by atoms with E-state index in [1.54, 1.807) is 25.1 Å². The van der Waals surface area contributed by atoms with Gasteiger partial charge in [-0.25, -0.2) is 0 Å². The molecule has 1 aromatic carbocycles. The van der Waals surface area contributed by atoms with Gasteiger partial charge in [0.2, 0.25) is 0 Å². The summed E-state index contributed by atoms with van der Waals surface area (Å²) in [7, 11) is 0. The smallest absolute Gasteiger partial charge is 0.327 e. The molecule has 20 heavy (non-hydrogen) atoms. The Balaban J connectivity index is 2.32. The molecule has 1 aliphatic rings. The Morgan fingerprint density at radius 2 is 2.05 bits per heavy atom. The van der Waals surface area contributed by atoms with Gasteiger partial charge >= 0.3 is 6.18 Å². The summed E-state index contributed by atoms with van der Waals surface area (Å²) in [4.78, 5) is 13.4. The van der Waals surface area contributed by atoms with Crippen LogP contribution in [0.15, 0.2) is 22.7 Å². The van der Waals surface area contributed by atoms with Crippen molar-refractivity contribution in [2.75, 3.05) is 6.54 Å². The summed E-state index contributed by atoms with van der Waals surface area (Å²) < 4.78 is 39.7. The van der Waals surface area contributed by atoms with E-state index in [1.165, 1.54) is 0 Å². The molecule has 0 spiro atoms. The highest BCUT2D eigenvalue weighted by Crippen LogP contribution is 2.33. The number of amides is 1. The van der Waals surface area contributed by atoms with Crippen molar-refractivity contribution in [1.82, 2.24) is 4.90 Å². The molecule has 2 nitrogen and oxygen atoms in total. The normalized spacial score (nSPS) is 20.1. The van der Waals surface area contributed by atoms with Crippen LogP contribution in [-0.4, -0.2) is 29.6 Å². The van der Waals surface area contributed by atoms with Crippen LogP contribution in [-0.2, 0) is 0 Å². The number of likely N-dealkylation sites (tertiary alicyclic amines) is 1. The quantitative estimate of drug-likeness (QED) is 0.739. The first-order valence-corrected chi connectivity index (χ1v) is 7.24. The molecule has 0 aliphatic carbocycles. The minimum atomic E-state index is -4.37. The van der Waals surface area contributed by atoms with Crippen molar-refractivity contribution in [3.05, 3.63) is 33.8 Å². The lowest BCUT2D eigenvalue weighted by molar-refractivity contribution is -0.183. The number of piperidine rings is 1. The second-order valence-electron chi connectivity index (χ2n) is 5.04. The number of hydrogen-bond donors (Lipinski definition) is 0. The SMILES string of the molecule is Cc1ccc(Br)c(C(=O)N2CCCCC2C(F)(F)F)c1. The maximum atomic E-state index is 13.0. The van der Waals surface area contributed by atoms with Gasteiger partial charge in [0.15, 0.2) is 0 Å². The van der Waals surface area contributed by atoms with Gasteiger partial charge in [-0.15, -0.1) is 0 Å². The Morgan fingerprint density at radius 3 is 2.70 bits per heavy atom. The van der Waals surface area contributed by atoms with E-state index in [-0.39, 0.29) is 13.0 Å². The molecule has 2 rings (SSSR count). The molecule has 1 saturated heterocycles. The molecule has 1 unspecified atom stereocenters. The molecule has 6 heteroatoms. The third-order valence-electron chi connectivity index (χ3n) is 3.49. The lowest BCUT2D eigenvalue weighted by Crippen LogP contribution is -2.51. The topological polar surface area (TPSA) is 20.3 Å². The van der Waals surface area contributed by atoms with Crippen molar-refractivity contribution in [2.24, 2.45) is 0 Å². The fraction of sp³-hybridized carbons (Fsp3) is 0.500. The molecule has 0 saturated carbocycles. The number of hydrogen-bond acceptors (Lipinski definition) is 1. The number of carbonyl (C=O) groups is 1. The molecule has 0 aromatic heterocycles. The number of alkyl halides is 3. The van der Waals surface area contributed by atoms with Gasteiger partial charge in [-0.05, 0) is 54.2 Å². The number of rotatable bonds is 1. The molecule has 0 radical (unpaired) electrons. The molecular formula is C14H15BrF3NO. The number of benzene rings is 1. The van der Waals surface area contributed by atoms with Crippen LogP contribution in [0.25, 0.3) is 0 Å². The zero-order valence-corrected chi connectivity index (χ0v) is 12.6. The molecule has 1 fully saturated rings. The Morgan fingerprint density at radius 1 is 1.35 bits per heavy atom. The maximum absolute atomic E-state index is 13.0. The molecule has 1 amide bonds. The highest BCUT2D eigenvalue weighted by Gasteiger charge is 2.46. The van der Waals surface area contributed by atoms with E-state index < -0.39 is 18.1 Å². The van der Waals surface area contributed by atoms with Crippen LogP contribution in [0.4, 0.5) is 13.2 Å². The first kappa shape index (κ1) is 15.4. The lowest BCUT2D eigenvalue weighted by atomic mass is 10.00. The minimum absolute atomic E-state index is 0.0152. The number of aryl methyl sites for hydroxylation is 1. The van der Waals surface area contributed by atoms with Crippen molar-refractivity contribution in [2.45, 2.75) is 38.4 Å². The zero-order chi connectivity index (χ0) is 14.9.